The maximum absolute atomic E-state index is 14.7. The average Bonchev–Trinajstić information content (AvgIpc) is 3.19. The summed E-state index contributed by atoms with van der Waals surface area (Å²) in [4.78, 5) is 4.73. The Morgan fingerprint density at radius 3 is 2.37 bits per heavy atom. The monoisotopic (exact) mass is 508 g/mol. The van der Waals surface area contributed by atoms with E-state index < -0.39 is 6.04 Å². The first-order valence-corrected chi connectivity index (χ1v) is 10.7. The number of hydrogen-bond acceptors (Lipinski definition) is 3. The lowest BCUT2D eigenvalue weighted by Crippen LogP contribution is -2.21. The van der Waals surface area contributed by atoms with Crippen molar-refractivity contribution in [3.05, 3.63) is 105 Å². The molecule has 0 fully saturated rings. The molecule has 5 rings (SSSR count). The highest BCUT2D eigenvalue weighted by atomic mass is 127. The van der Waals surface area contributed by atoms with Crippen LogP contribution in [0.3, 0.4) is 0 Å². The zero-order valence-corrected chi connectivity index (χ0v) is 18.3. The van der Waals surface area contributed by atoms with Crippen molar-refractivity contribution in [1.82, 2.24) is 14.8 Å². The minimum absolute atomic E-state index is 0.263. The van der Waals surface area contributed by atoms with E-state index in [1.807, 2.05) is 67.6 Å². The van der Waals surface area contributed by atoms with Crippen LogP contribution in [0.4, 0.5) is 10.3 Å². The molecule has 0 radical (unpaired) electrons. The van der Waals surface area contributed by atoms with Crippen LogP contribution < -0.4 is 5.32 Å². The van der Waals surface area contributed by atoms with Gasteiger partial charge in [0.25, 0.3) is 0 Å². The van der Waals surface area contributed by atoms with Crippen LogP contribution in [0.1, 0.15) is 22.7 Å². The second-order valence-electron chi connectivity index (χ2n) is 7.25. The summed E-state index contributed by atoms with van der Waals surface area (Å²) in [5.74, 6) is 0.937. The largest absolute Gasteiger partial charge is 0.324 e. The Labute approximate surface area is 187 Å². The van der Waals surface area contributed by atoms with Crippen LogP contribution in [0.25, 0.3) is 17.1 Å². The third-order valence-electron chi connectivity index (χ3n) is 5.15. The maximum Gasteiger partial charge on any atom is 0.227 e. The van der Waals surface area contributed by atoms with Crippen molar-refractivity contribution >= 4 is 34.2 Å². The second kappa shape index (κ2) is 7.68. The number of anilines is 1. The first kappa shape index (κ1) is 19.0. The number of fused-ring (bicyclic) bond motifs is 1. The Morgan fingerprint density at radius 2 is 1.63 bits per heavy atom. The molecule has 1 atom stereocenters. The van der Waals surface area contributed by atoms with Gasteiger partial charge in [0.1, 0.15) is 11.9 Å². The lowest BCUT2D eigenvalue weighted by molar-refractivity contribution is 0.552. The quantitative estimate of drug-likeness (QED) is 0.343. The molecule has 2 heterocycles. The molecule has 0 amide bonds. The normalized spacial score (nSPS) is 15.3. The highest BCUT2D eigenvalue weighted by Crippen LogP contribution is 2.35. The smallest absolute Gasteiger partial charge is 0.227 e. The van der Waals surface area contributed by atoms with Crippen LogP contribution in [0.5, 0.6) is 0 Å². The summed E-state index contributed by atoms with van der Waals surface area (Å²) in [6, 6.07) is 22.7. The van der Waals surface area contributed by atoms with Gasteiger partial charge in [-0.15, -0.1) is 5.10 Å². The van der Waals surface area contributed by atoms with E-state index in [0.29, 0.717) is 17.3 Å². The molecule has 1 N–H and O–H groups in total. The summed E-state index contributed by atoms with van der Waals surface area (Å²) in [6.45, 7) is 2.04. The first-order chi connectivity index (χ1) is 14.6. The van der Waals surface area contributed by atoms with Gasteiger partial charge in [-0.25, -0.2) is 9.07 Å². The molecule has 1 aliphatic heterocycles. The van der Waals surface area contributed by atoms with Gasteiger partial charge >= 0.3 is 0 Å². The summed E-state index contributed by atoms with van der Waals surface area (Å²) >= 11 is 2.28. The van der Waals surface area contributed by atoms with Crippen LogP contribution >= 0.6 is 22.6 Å². The van der Waals surface area contributed by atoms with E-state index in [9.17, 15) is 4.39 Å². The Kier molecular flexibility index (Phi) is 4.86. The molecule has 6 heteroatoms. The van der Waals surface area contributed by atoms with Gasteiger partial charge in [0.2, 0.25) is 5.95 Å². The number of halogens is 2. The molecule has 30 heavy (non-hydrogen) atoms. The summed E-state index contributed by atoms with van der Waals surface area (Å²) in [5.41, 5.74) is 4.56. The summed E-state index contributed by atoms with van der Waals surface area (Å²) in [6.07, 6.45) is 2.00. The van der Waals surface area contributed by atoms with Gasteiger partial charge < -0.3 is 5.32 Å². The number of allylic oxidation sites excluding steroid dienone is 1. The molecule has 4 nitrogen and oxygen atoms in total. The molecule has 0 aliphatic carbocycles. The van der Waals surface area contributed by atoms with Gasteiger partial charge in [-0.3, -0.25) is 0 Å². The summed E-state index contributed by atoms with van der Waals surface area (Å²) < 4.78 is 17.6. The van der Waals surface area contributed by atoms with E-state index in [-0.39, 0.29) is 5.82 Å². The molecule has 1 unspecified atom stereocenters. The van der Waals surface area contributed by atoms with E-state index in [1.165, 1.54) is 11.6 Å². The number of rotatable bonds is 3. The van der Waals surface area contributed by atoms with Crippen LogP contribution in [-0.2, 0) is 0 Å². The number of hydrogen-bond donors (Lipinski definition) is 1. The van der Waals surface area contributed by atoms with Crippen molar-refractivity contribution in [3.8, 4) is 11.4 Å². The van der Waals surface area contributed by atoms with Gasteiger partial charge in [0, 0.05) is 20.4 Å². The van der Waals surface area contributed by atoms with E-state index in [2.05, 4.69) is 27.9 Å². The average molecular weight is 508 g/mol. The van der Waals surface area contributed by atoms with Crippen molar-refractivity contribution in [2.24, 2.45) is 0 Å². The van der Waals surface area contributed by atoms with Crippen LogP contribution in [-0.4, -0.2) is 14.8 Å². The minimum Gasteiger partial charge on any atom is -0.324 e. The molecular formula is C24H18FIN4. The molecule has 3 aromatic carbocycles. The number of nitrogens with zero attached hydrogens (tertiary/aromatic N) is 3. The highest BCUT2D eigenvalue weighted by Gasteiger charge is 2.27. The third-order valence-corrected chi connectivity index (χ3v) is 5.87. The highest BCUT2D eigenvalue weighted by molar-refractivity contribution is 14.1. The fourth-order valence-electron chi connectivity index (χ4n) is 3.55. The zero-order chi connectivity index (χ0) is 20.7. The summed E-state index contributed by atoms with van der Waals surface area (Å²) in [7, 11) is 0. The second-order valence-corrected chi connectivity index (χ2v) is 8.49. The molecule has 1 aliphatic rings. The van der Waals surface area contributed by atoms with Gasteiger partial charge in [-0.05, 0) is 59.4 Å². The molecule has 0 spiro atoms. The van der Waals surface area contributed by atoms with Crippen molar-refractivity contribution < 1.29 is 4.39 Å². The van der Waals surface area contributed by atoms with E-state index in [1.54, 1.807) is 16.8 Å². The molecular weight excluding hydrogens is 490 g/mol. The molecule has 0 bridgehead atoms. The van der Waals surface area contributed by atoms with E-state index >= 15 is 0 Å². The third kappa shape index (κ3) is 3.52. The number of aryl methyl sites for hydroxylation is 1. The maximum atomic E-state index is 14.7. The molecule has 0 saturated heterocycles. The van der Waals surface area contributed by atoms with Crippen molar-refractivity contribution in [1.29, 1.82) is 0 Å². The summed E-state index contributed by atoms with van der Waals surface area (Å²) in [5, 5.41) is 8.10. The molecule has 0 saturated carbocycles. The molecule has 148 valence electrons. The van der Waals surface area contributed by atoms with Crippen molar-refractivity contribution in [3.63, 3.8) is 0 Å². The van der Waals surface area contributed by atoms with Gasteiger partial charge in [-0.2, -0.15) is 4.98 Å². The Bertz CT molecular complexity index is 1240. The Balaban J connectivity index is 1.64. The topological polar surface area (TPSA) is 42.7 Å². The van der Waals surface area contributed by atoms with Gasteiger partial charge in [0.05, 0.1) is 0 Å². The minimum atomic E-state index is -0.400. The van der Waals surface area contributed by atoms with Crippen LogP contribution in [0.15, 0.2) is 78.9 Å². The predicted molar refractivity (Wildman–Crippen MR) is 125 cm³/mol. The van der Waals surface area contributed by atoms with Crippen LogP contribution in [0, 0.1) is 16.3 Å². The number of benzene rings is 3. The number of aromatic nitrogens is 3. The van der Waals surface area contributed by atoms with E-state index in [4.69, 9.17) is 10.1 Å². The SMILES string of the molecule is Cc1ccc(-c2nc3n(n2)C(c2ccccc2F)C=C(c2ccc(I)cc2)N3)cc1. The van der Waals surface area contributed by atoms with Crippen molar-refractivity contribution in [2.45, 2.75) is 13.0 Å². The van der Waals surface area contributed by atoms with Gasteiger partial charge in [-0.1, -0.05) is 60.2 Å². The molecule has 4 aromatic rings. The van der Waals surface area contributed by atoms with E-state index in [0.717, 1.165) is 20.4 Å². The number of nitrogens with one attached hydrogen (secondary N) is 1. The Morgan fingerprint density at radius 1 is 0.933 bits per heavy atom. The fourth-order valence-corrected chi connectivity index (χ4v) is 3.91. The molecule has 1 aromatic heterocycles. The Hall–Kier alpha value is -3.00. The standard InChI is InChI=1S/C24H18FIN4/c1-15-6-8-17(9-7-15)23-28-24-27-21(16-10-12-18(26)13-11-16)14-22(30(24)29-23)19-4-2-3-5-20(19)25/h2-14,22H,1H3,(H,27,28,29). The first-order valence-electron chi connectivity index (χ1n) is 9.61. The van der Waals surface area contributed by atoms with Crippen molar-refractivity contribution in [2.75, 3.05) is 5.32 Å². The predicted octanol–water partition coefficient (Wildman–Crippen LogP) is 6.05. The van der Waals surface area contributed by atoms with Crippen LogP contribution in [0.2, 0.25) is 0 Å². The van der Waals surface area contributed by atoms with Gasteiger partial charge in [0.15, 0.2) is 5.82 Å². The lowest BCUT2D eigenvalue weighted by atomic mass is 10.0. The zero-order valence-electron chi connectivity index (χ0n) is 16.2. The fraction of sp³-hybridized carbons (Fsp3) is 0.0833. The lowest BCUT2D eigenvalue weighted by Gasteiger charge is -2.24.